The number of ether oxygens (including phenoxy) is 2. The molecule has 0 spiro atoms. The second-order valence-corrected chi connectivity index (χ2v) is 7.23. The molecule has 0 bridgehead atoms. The molecule has 0 fully saturated rings. The highest BCUT2D eigenvalue weighted by Crippen LogP contribution is 2.42. The lowest BCUT2D eigenvalue weighted by atomic mass is 9.90. The van der Waals surface area contributed by atoms with Gasteiger partial charge in [-0.3, -0.25) is 9.59 Å². The minimum absolute atomic E-state index is 0.0629. The van der Waals surface area contributed by atoms with Crippen LogP contribution in [0.15, 0.2) is 35.6 Å². The summed E-state index contributed by atoms with van der Waals surface area (Å²) in [7, 11) is 1.60. The molecule has 1 heterocycles. The Morgan fingerprint density at radius 1 is 1.22 bits per heavy atom. The van der Waals surface area contributed by atoms with E-state index in [4.69, 9.17) is 9.47 Å². The van der Waals surface area contributed by atoms with Crippen LogP contribution in [0.4, 0.5) is 0 Å². The maximum absolute atomic E-state index is 12.8. The maximum atomic E-state index is 12.8. The summed E-state index contributed by atoms with van der Waals surface area (Å²) in [6, 6.07) is 6.68. The molecule has 148 valence electrons. The first kappa shape index (κ1) is 21.0. The number of rotatable bonds is 9. The van der Waals surface area contributed by atoms with E-state index >= 15 is 0 Å². The second kappa shape index (κ2) is 9.04. The van der Waals surface area contributed by atoms with Crippen LogP contribution >= 0.6 is 0 Å². The molecule has 1 aromatic rings. The Morgan fingerprint density at radius 3 is 2.48 bits per heavy atom. The van der Waals surface area contributed by atoms with E-state index in [1.165, 1.54) is 4.90 Å². The Hall–Kier alpha value is -2.34. The van der Waals surface area contributed by atoms with Crippen molar-refractivity contribution < 1.29 is 24.2 Å². The van der Waals surface area contributed by atoms with Gasteiger partial charge < -0.3 is 19.5 Å². The molecule has 0 aromatic heterocycles. The summed E-state index contributed by atoms with van der Waals surface area (Å²) in [5, 5.41) is 10.5. The van der Waals surface area contributed by atoms with Gasteiger partial charge in [-0.15, -0.1) is 0 Å². The summed E-state index contributed by atoms with van der Waals surface area (Å²) in [6.07, 6.45) is 0.537. The van der Waals surface area contributed by atoms with Gasteiger partial charge in [-0.1, -0.05) is 32.0 Å². The molecule has 1 N–H and O–H groups in total. The van der Waals surface area contributed by atoms with E-state index in [9.17, 15) is 14.7 Å². The van der Waals surface area contributed by atoms with Gasteiger partial charge in [0.15, 0.2) is 11.5 Å². The number of nitrogens with zero attached hydrogens (tertiary/aromatic N) is 1. The van der Waals surface area contributed by atoms with Gasteiger partial charge in [-0.2, -0.15) is 0 Å². The molecule has 6 nitrogen and oxygen atoms in total. The molecule has 6 heteroatoms. The van der Waals surface area contributed by atoms with Gasteiger partial charge in [0, 0.05) is 31.7 Å². The van der Waals surface area contributed by atoms with Crippen molar-refractivity contribution in [2.45, 2.75) is 46.3 Å². The fourth-order valence-corrected chi connectivity index (χ4v) is 3.22. The number of benzene rings is 1. The average molecular weight is 375 g/mol. The highest BCUT2D eigenvalue weighted by Gasteiger charge is 2.44. The van der Waals surface area contributed by atoms with E-state index in [2.05, 4.69) is 0 Å². The molecule has 1 aliphatic rings. The van der Waals surface area contributed by atoms with Gasteiger partial charge >= 0.3 is 0 Å². The summed E-state index contributed by atoms with van der Waals surface area (Å²) in [6.45, 7) is 8.20. The third-order valence-corrected chi connectivity index (χ3v) is 4.42. The zero-order valence-electron chi connectivity index (χ0n) is 16.7. The van der Waals surface area contributed by atoms with E-state index in [0.29, 0.717) is 30.9 Å². The third-order valence-electron chi connectivity index (χ3n) is 4.42. The first-order chi connectivity index (χ1) is 12.8. The lowest BCUT2D eigenvalue weighted by Gasteiger charge is -2.29. The molecule has 0 radical (unpaired) electrons. The van der Waals surface area contributed by atoms with Crippen molar-refractivity contribution in [2.24, 2.45) is 5.92 Å². The highest BCUT2D eigenvalue weighted by atomic mass is 16.5. The zero-order chi connectivity index (χ0) is 20.1. The lowest BCUT2D eigenvalue weighted by Crippen LogP contribution is -2.33. The number of carbonyl (C=O) groups excluding carboxylic acids is 2. The first-order valence-electron chi connectivity index (χ1n) is 9.32. The molecule has 0 saturated carbocycles. The van der Waals surface area contributed by atoms with Gasteiger partial charge in [0.05, 0.1) is 17.7 Å². The minimum atomic E-state index is -0.667. The number of Topliss-reactive ketones (excluding diaryl/α,β-unsaturated/α-hetero) is 1. The topological polar surface area (TPSA) is 76.1 Å². The Kier molecular flexibility index (Phi) is 7.02. The van der Waals surface area contributed by atoms with Crippen LogP contribution in [-0.4, -0.2) is 48.1 Å². The van der Waals surface area contributed by atoms with Crippen molar-refractivity contribution in [1.29, 1.82) is 0 Å². The molecule has 1 aliphatic heterocycles. The Balaban J connectivity index is 2.54. The molecule has 27 heavy (non-hydrogen) atoms. The summed E-state index contributed by atoms with van der Waals surface area (Å²) in [5.41, 5.74) is 0.845. The number of aliphatic hydroxyl groups is 1. The number of hydrogen-bond acceptors (Lipinski definition) is 5. The van der Waals surface area contributed by atoms with E-state index in [1.807, 2.05) is 38.1 Å². The zero-order valence-corrected chi connectivity index (χ0v) is 16.7. The number of hydrogen-bond donors (Lipinski definition) is 1. The normalized spacial score (nSPS) is 17.4. The summed E-state index contributed by atoms with van der Waals surface area (Å²) >= 11 is 0. The SMILES string of the molecule is COCCCN1C(=O)C(O)=C(C(=O)C(C)C)C1c1ccccc1OC(C)C. The minimum Gasteiger partial charge on any atom is -0.503 e. The number of aliphatic hydroxyl groups excluding tert-OH is 1. The fraction of sp³-hybridized carbons (Fsp3) is 0.524. The molecule has 0 aliphatic carbocycles. The van der Waals surface area contributed by atoms with Gasteiger partial charge in [-0.05, 0) is 26.3 Å². The molecule has 1 aromatic carbocycles. The average Bonchev–Trinajstić information content (AvgIpc) is 2.86. The van der Waals surface area contributed by atoms with Crippen molar-refractivity contribution in [3.63, 3.8) is 0 Å². The first-order valence-corrected chi connectivity index (χ1v) is 9.32. The van der Waals surface area contributed by atoms with Crippen LogP contribution in [0.25, 0.3) is 0 Å². The van der Waals surface area contributed by atoms with Crippen LogP contribution in [0.2, 0.25) is 0 Å². The number of para-hydroxylation sites is 1. The van der Waals surface area contributed by atoms with Crippen molar-refractivity contribution in [3.8, 4) is 5.75 Å². The van der Waals surface area contributed by atoms with E-state index in [0.717, 1.165) is 0 Å². The quantitative estimate of drug-likeness (QED) is 0.669. The summed E-state index contributed by atoms with van der Waals surface area (Å²) < 4.78 is 11.0. The number of amides is 1. The van der Waals surface area contributed by atoms with E-state index < -0.39 is 17.7 Å². The van der Waals surface area contributed by atoms with E-state index in [-0.39, 0.29) is 23.4 Å². The second-order valence-electron chi connectivity index (χ2n) is 7.23. The van der Waals surface area contributed by atoms with Crippen molar-refractivity contribution in [2.75, 3.05) is 20.3 Å². The number of carbonyl (C=O) groups is 2. The van der Waals surface area contributed by atoms with Crippen LogP contribution in [0.5, 0.6) is 5.75 Å². The summed E-state index contributed by atoms with van der Waals surface area (Å²) in [4.78, 5) is 27.1. The number of methoxy groups -OCH3 is 1. The summed E-state index contributed by atoms with van der Waals surface area (Å²) in [5.74, 6) is -0.963. The van der Waals surface area contributed by atoms with Gasteiger partial charge in [0.2, 0.25) is 0 Å². The molecule has 1 unspecified atom stereocenters. The van der Waals surface area contributed by atoms with Crippen LogP contribution < -0.4 is 4.74 Å². The van der Waals surface area contributed by atoms with Gasteiger partial charge in [0.1, 0.15) is 5.75 Å². The van der Waals surface area contributed by atoms with Gasteiger partial charge in [0.25, 0.3) is 5.91 Å². The Morgan fingerprint density at radius 2 is 1.89 bits per heavy atom. The van der Waals surface area contributed by atoms with Crippen LogP contribution in [0.3, 0.4) is 0 Å². The standard InChI is InChI=1S/C21H29NO5/c1-13(2)19(23)17-18(15-9-6-7-10-16(15)27-14(3)4)22(11-8-12-26-5)21(25)20(17)24/h6-7,9-10,13-14,18,24H,8,11-12H2,1-5H3. The third kappa shape index (κ3) is 4.50. The maximum Gasteiger partial charge on any atom is 0.290 e. The molecule has 1 atom stereocenters. The molecular weight excluding hydrogens is 346 g/mol. The Labute approximate surface area is 160 Å². The predicted octanol–water partition coefficient (Wildman–Crippen LogP) is 3.43. The molecule has 2 rings (SSSR count). The lowest BCUT2D eigenvalue weighted by molar-refractivity contribution is -0.129. The Bertz CT molecular complexity index is 723. The van der Waals surface area contributed by atoms with Crippen LogP contribution in [0.1, 0.15) is 45.7 Å². The molecule has 0 saturated heterocycles. The highest BCUT2D eigenvalue weighted by molar-refractivity contribution is 6.09. The monoisotopic (exact) mass is 375 g/mol. The van der Waals surface area contributed by atoms with E-state index in [1.54, 1.807) is 21.0 Å². The van der Waals surface area contributed by atoms with Crippen molar-refractivity contribution in [3.05, 3.63) is 41.2 Å². The van der Waals surface area contributed by atoms with Crippen molar-refractivity contribution in [1.82, 2.24) is 4.90 Å². The predicted molar refractivity (Wildman–Crippen MR) is 103 cm³/mol. The van der Waals surface area contributed by atoms with Crippen molar-refractivity contribution >= 4 is 11.7 Å². The number of ketones is 1. The molecular formula is C21H29NO5. The van der Waals surface area contributed by atoms with Gasteiger partial charge in [-0.25, -0.2) is 0 Å². The largest absolute Gasteiger partial charge is 0.503 e. The van der Waals surface area contributed by atoms with Crippen LogP contribution in [-0.2, 0) is 14.3 Å². The fourth-order valence-electron chi connectivity index (χ4n) is 3.22. The molecule has 1 amide bonds. The van der Waals surface area contributed by atoms with Crippen LogP contribution in [0, 0.1) is 5.92 Å². The smallest absolute Gasteiger partial charge is 0.290 e.